The number of ether oxygens (including phenoxy) is 2. The Bertz CT molecular complexity index is 1040. The van der Waals surface area contributed by atoms with Gasteiger partial charge in [-0.25, -0.2) is 9.59 Å². The fraction of sp³-hybridized carbons (Fsp3) is 0.423. The minimum atomic E-state index is -1.11. The van der Waals surface area contributed by atoms with Crippen molar-refractivity contribution in [1.29, 1.82) is 0 Å². The number of alkyl carbamates (subject to hydrolysis) is 1. The molecule has 9 nitrogen and oxygen atoms in total. The maximum atomic E-state index is 12.7. The predicted molar refractivity (Wildman–Crippen MR) is 129 cm³/mol. The average molecular weight is 482 g/mol. The van der Waals surface area contributed by atoms with Crippen LogP contribution in [0, 0.1) is 5.92 Å². The van der Waals surface area contributed by atoms with Crippen LogP contribution in [0.15, 0.2) is 48.5 Å². The molecule has 0 aromatic heterocycles. The SMILES string of the molecule is CN(C)C[C@H](NC(=O)C1OCCC1CNC(=O)OCC1c2ccccc2-c2ccccc21)C(=O)O. The largest absolute Gasteiger partial charge is 0.480 e. The highest BCUT2D eigenvalue weighted by Crippen LogP contribution is 2.44. The van der Waals surface area contributed by atoms with Crippen molar-refractivity contribution in [2.45, 2.75) is 24.5 Å². The van der Waals surface area contributed by atoms with Gasteiger partial charge in [-0.3, -0.25) is 4.79 Å². The summed E-state index contributed by atoms with van der Waals surface area (Å²) < 4.78 is 11.1. The Morgan fingerprint density at radius 3 is 2.31 bits per heavy atom. The summed E-state index contributed by atoms with van der Waals surface area (Å²) in [6, 6.07) is 15.2. The highest BCUT2D eigenvalue weighted by atomic mass is 16.5. The third-order valence-electron chi connectivity index (χ3n) is 6.49. The molecule has 2 aromatic carbocycles. The zero-order valence-electron chi connectivity index (χ0n) is 19.9. The van der Waals surface area contributed by atoms with Gasteiger partial charge in [-0.2, -0.15) is 0 Å². The van der Waals surface area contributed by atoms with Crippen LogP contribution in [0.25, 0.3) is 11.1 Å². The minimum Gasteiger partial charge on any atom is -0.480 e. The number of aliphatic carboxylic acids is 1. The van der Waals surface area contributed by atoms with E-state index in [9.17, 15) is 19.5 Å². The van der Waals surface area contributed by atoms with Crippen LogP contribution in [-0.2, 0) is 19.1 Å². The molecule has 35 heavy (non-hydrogen) atoms. The topological polar surface area (TPSA) is 117 Å². The molecule has 1 aliphatic heterocycles. The molecule has 1 saturated heterocycles. The Morgan fingerprint density at radius 2 is 1.71 bits per heavy atom. The Balaban J connectivity index is 1.30. The van der Waals surface area contributed by atoms with E-state index in [1.807, 2.05) is 24.3 Å². The maximum Gasteiger partial charge on any atom is 0.407 e. The number of likely N-dealkylation sites (N-methyl/N-ethyl adjacent to an activating group) is 1. The van der Waals surface area contributed by atoms with Gasteiger partial charge in [0.05, 0.1) is 0 Å². The zero-order valence-corrected chi connectivity index (χ0v) is 19.9. The number of nitrogens with one attached hydrogen (secondary N) is 2. The maximum absolute atomic E-state index is 12.7. The first kappa shape index (κ1) is 24.7. The third kappa shape index (κ3) is 5.63. The molecule has 0 saturated carbocycles. The van der Waals surface area contributed by atoms with E-state index in [4.69, 9.17) is 9.47 Å². The third-order valence-corrected chi connectivity index (χ3v) is 6.49. The Labute approximate surface area is 204 Å². The van der Waals surface area contributed by atoms with E-state index in [0.717, 1.165) is 22.3 Å². The molecule has 0 radical (unpaired) electrons. The van der Waals surface area contributed by atoms with E-state index in [2.05, 4.69) is 34.9 Å². The van der Waals surface area contributed by atoms with Crippen molar-refractivity contribution in [3.63, 3.8) is 0 Å². The number of benzene rings is 2. The fourth-order valence-corrected chi connectivity index (χ4v) is 4.80. The summed E-state index contributed by atoms with van der Waals surface area (Å²) in [7, 11) is 3.46. The van der Waals surface area contributed by atoms with Crippen LogP contribution in [0.4, 0.5) is 4.79 Å². The highest BCUT2D eigenvalue weighted by Gasteiger charge is 2.36. The number of hydrogen-bond donors (Lipinski definition) is 3. The van der Waals surface area contributed by atoms with Gasteiger partial charge in [0.25, 0.3) is 0 Å². The molecule has 3 N–H and O–H groups in total. The normalized spacial score (nSPS) is 19.6. The van der Waals surface area contributed by atoms with E-state index in [0.29, 0.717) is 13.0 Å². The van der Waals surface area contributed by atoms with Crippen molar-refractivity contribution in [3.05, 3.63) is 59.7 Å². The molecule has 3 atom stereocenters. The lowest BCUT2D eigenvalue weighted by Gasteiger charge is -2.23. The van der Waals surface area contributed by atoms with Crippen LogP contribution in [0.1, 0.15) is 23.5 Å². The minimum absolute atomic E-state index is 0.0360. The first-order valence-corrected chi connectivity index (χ1v) is 11.7. The van der Waals surface area contributed by atoms with Crippen LogP contribution >= 0.6 is 0 Å². The zero-order chi connectivity index (χ0) is 24.9. The summed E-state index contributed by atoms with van der Waals surface area (Å²) in [5.74, 6) is -1.91. The van der Waals surface area contributed by atoms with Gasteiger partial charge in [-0.1, -0.05) is 48.5 Å². The van der Waals surface area contributed by atoms with E-state index in [1.54, 1.807) is 19.0 Å². The van der Waals surface area contributed by atoms with Crippen LogP contribution < -0.4 is 10.6 Å². The van der Waals surface area contributed by atoms with Crippen molar-refractivity contribution in [2.24, 2.45) is 5.92 Å². The fourth-order valence-electron chi connectivity index (χ4n) is 4.80. The van der Waals surface area contributed by atoms with E-state index < -0.39 is 30.1 Å². The standard InChI is InChI=1S/C26H31N3O6/c1-29(2)14-22(25(31)32)28-24(30)23-16(11-12-34-23)13-27-26(33)35-15-21-19-9-5-3-7-17(19)18-8-4-6-10-20(18)21/h3-10,16,21-23H,11-15H2,1-2H3,(H,27,33)(H,28,30)(H,31,32)/t16?,22-,23?/m0/s1. The smallest absolute Gasteiger partial charge is 0.407 e. The van der Waals surface area contributed by atoms with Gasteiger partial charge in [0.2, 0.25) is 5.91 Å². The van der Waals surface area contributed by atoms with Gasteiger partial charge in [0, 0.05) is 31.5 Å². The van der Waals surface area contributed by atoms with Crippen LogP contribution in [0.5, 0.6) is 0 Å². The molecule has 2 aliphatic rings. The number of carboxylic acid groups (broad SMARTS) is 1. The van der Waals surface area contributed by atoms with Crippen molar-refractivity contribution in [3.8, 4) is 11.1 Å². The lowest BCUT2D eigenvalue weighted by Crippen LogP contribution is -2.51. The molecule has 186 valence electrons. The first-order chi connectivity index (χ1) is 16.8. The van der Waals surface area contributed by atoms with Gasteiger partial charge in [-0.05, 0) is 42.8 Å². The molecule has 9 heteroatoms. The Kier molecular flexibility index (Phi) is 7.67. The lowest BCUT2D eigenvalue weighted by atomic mass is 9.98. The Morgan fingerprint density at radius 1 is 1.09 bits per heavy atom. The van der Waals surface area contributed by atoms with E-state index in [-0.39, 0.29) is 31.5 Å². The quantitative estimate of drug-likeness (QED) is 0.502. The van der Waals surface area contributed by atoms with Gasteiger partial charge in [0.1, 0.15) is 18.8 Å². The van der Waals surface area contributed by atoms with Crippen LogP contribution in [0.3, 0.4) is 0 Å². The summed E-state index contributed by atoms with van der Waals surface area (Å²) in [5, 5.41) is 14.7. The van der Waals surface area contributed by atoms with Crippen molar-refractivity contribution < 1.29 is 29.0 Å². The number of carboxylic acids is 1. The molecular weight excluding hydrogens is 450 g/mol. The van der Waals surface area contributed by atoms with Gasteiger partial charge >= 0.3 is 12.1 Å². The van der Waals surface area contributed by atoms with Gasteiger partial charge in [-0.15, -0.1) is 0 Å². The number of nitrogens with zero attached hydrogens (tertiary/aromatic N) is 1. The number of carbonyl (C=O) groups excluding carboxylic acids is 2. The van der Waals surface area contributed by atoms with Crippen LogP contribution in [-0.4, -0.2) is 80.5 Å². The molecular formula is C26H31N3O6. The number of carbonyl (C=O) groups is 3. The summed E-state index contributed by atoms with van der Waals surface area (Å²) in [6.07, 6.45) is -0.811. The van der Waals surface area contributed by atoms with E-state index >= 15 is 0 Å². The molecule has 1 aliphatic carbocycles. The van der Waals surface area contributed by atoms with E-state index in [1.165, 1.54) is 0 Å². The number of fused-ring (bicyclic) bond motifs is 3. The molecule has 0 spiro atoms. The highest BCUT2D eigenvalue weighted by molar-refractivity contribution is 5.87. The van der Waals surface area contributed by atoms with Crippen molar-refractivity contribution in [2.75, 3.05) is 40.4 Å². The monoisotopic (exact) mass is 481 g/mol. The summed E-state index contributed by atoms with van der Waals surface area (Å²) >= 11 is 0. The lowest BCUT2D eigenvalue weighted by molar-refractivity contribution is -0.144. The summed E-state index contributed by atoms with van der Waals surface area (Å²) in [4.78, 5) is 38.3. The van der Waals surface area contributed by atoms with Gasteiger partial charge < -0.3 is 30.1 Å². The molecule has 0 bridgehead atoms. The first-order valence-electron chi connectivity index (χ1n) is 11.7. The van der Waals surface area contributed by atoms with Crippen molar-refractivity contribution in [1.82, 2.24) is 15.5 Å². The number of amides is 2. The second-order valence-electron chi connectivity index (χ2n) is 9.21. The van der Waals surface area contributed by atoms with Gasteiger partial charge in [0.15, 0.2) is 0 Å². The predicted octanol–water partition coefficient (Wildman–Crippen LogP) is 2.06. The second-order valence-corrected chi connectivity index (χ2v) is 9.21. The summed E-state index contributed by atoms with van der Waals surface area (Å²) in [6.45, 7) is 0.924. The molecule has 1 heterocycles. The molecule has 2 amide bonds. The molecule has 2 aromatic rings. The van der Waals surface area contributed by atoms with Crippen molar-refractivity contribution >= 4 is 18.0 Å². The number of rotatable bonds is 9. The molecule has 2 unspecified atom stereocenters. The summed E-state index contributed by atoms with van der Waals surface area (Å²) in [5.41, 5.74) is 4.58. The average Bonchev–Trinajstić information content (AvgIpc) is 3.43. The van der Waals surface area contributed by atoms with Crippen LogP contribution in [0.2, 0.25) is 0 Å². The molecule has 1 fully saturated rings. The second kappa shape index (κ2) is 10.9. The number of hydrogen-bond acceptors (Lipinski definition) is 6. The Hall–Kier alpha value is -3.43. The molecule has 4 rings (SSSR count).